The van der Waals surface area contributed by atoms with E-state index in [2.05, 4.69) is 5.32 Å². The molecule has 0 saturated carbocycles. The summed E-state index contributed by atoms with van der Waals surface area (Å²) in [4.78, 5) is 12.7. The number of methoxy groups -OCH3 is 1. The first-order valence-electron chi connectivity index (χ1n) is 8.59. The Balaban J connectivity index is 1.83. The minimum absolute atomic E-state index is 0.0608. The summed E-state index contributed by atoms with van der Waals surface area (Å²) >= 11 is 0. The molecule has 7 nitrogen and oxygen atoms in total. The van der Waals surface area contributed by atoms with E-state index in [0.29, 0.717) is 23.7 Å². The predicted molar refractivity (Wildman–Crippen MR) is 103 cm³/mol. The van der Waals surface area contributed by atoms with E-state index in [1.807, 2.05) is 12.1 Å². The number of anilines is 2. The van der Waals surface area contributed by atoms with Crippen LogP contribution in [0.1, 0.15) is 12.5 Å². The second kappa shape index (κ2) is 7.98. The van der Waals surface area contributed by atoms with E-state index in [1.165, 1.54) is 4.31 Å². The summed E-state index contributed by atoms with van der Waals surface area (Å²) in [5.41, 5.74) is 1.97. The molecule has 0 saturated heterocycles. The number of rotatable bonds is 6. The van der Waals surface area contributed by atoms with Crippen LogP contribution in [0.3, 0.4) is 0 Å². The number of para-hydroxylation sites is 2. The minimum atomic E-state index is -3.53. The number of ether oxygens (including phenoxy) is 2. The first-order chi connectivity index (χ1) is 12.9. The van der Waals surface area contributed by atoms with Gasteiger partial charge in [0.25, 0.3) is 5.91 Å². The normalized spacial score (nSPS) is 16.4. The summed E-state index contributed by atoms with van der Waals surface area (Å²) in [7, 11) is -1.93. The molecule has 0 aromatic heterocycles. The van der Waals surface area contributed by atoms with E-state index in [0.717, 1.165) is 5.56 Å². The monoisotopic (exact) mass is 390 g/mol. The maximum atomic E-state index is 12.7. The molecule has 0 radical (unpaired) electrons. The van der Waals surface area contributed by atoms with Gasteiger partial charge in [-0.25, -0.2) is 8.42 Å². The summed E-state index contributed by atoms with van der Waals surface area (Å²) < 4.78 is 37.1. The summed E-state index contributed by atoms with van der Waals surface area (Å²) in [6.45, 7) is 1.93. The molecular formula is C19H22N2O5S. The lowest BCUT2D eigenvalue weighted by Gasteiger charge is -2.34. The summed E-state index contributed by atoms with van der Waals surface area (Å²) in [5.74, 6) is -0.0983. The lowest BCUT2D eigenvalue weighted by Crippen LogP contribution is -2.49. The highest BCUT2D eigenvalue weighted by atomic mass is 32.2. The molecule has 0 fully saturated rings. The lowest BCUT2D eigenvalue weighted by atomic mass is 10.2. The van der Waals surface area contributed by atoms with E-state index in [4.69, 9.17) is 9.47 Å². The number of carbonyl (C=O) groups excluding carboxylic acids is 1. The Bertz CT molecular complexity index is 929. The molecule has 3 rings (SSSR count). The van der Waals surface area contributed by atoms with Crippen molar-refractivity contribution in [1.82, 2.24) is 0 Å². The van der Waals surface area contributed by atoms with Gasteiger partial charge in [0, 0.05) is 12.8 Å². The van der Waals surface area contributed by atoms with E-state index in [-0.39, 0.29) is 12.3 Å². The van der Waals surface area contributed by atoms with Gasteiger partial charge >= 0.3 is 0 Å². The number of nitrogens with zero attached hydrogens (tertiary/aromatic N) is 1. The van der Waals surface area contributed by atoms with Crippen molar-refractivity contribution < 1.29 is 22.7 Å². The Morgan fingerprint density at radius 3 is 2.78 bits per heavy atom. The number of nitrogens with one attached hydrogen (secondary N) is 1. The maximum absolute atomic E-state index is 12.7. The standard InChI is InChI=1S/C19H22N2O5S/c1-3-27(23,24)21-12-18(26-17-10-5-4-9-16(17)21)19(22)20-15-8-6-7-14(11-15)13-25-2/h4-11,18H,3,12-13H2,1-2H3,(H,20,22). The van der Waals surface area contributed by atoms with Crippen molar-refractivity contribution in [3.8, 4) is 5.75 Å². The van der Waals surface area contributed by atoms with Gasteiger partial charge in [-0.1, -0.05) is 24.3 Å². The molecule has 8 heteroatoms. The fourth-order valence-corrected chi connectivity index (χ4v) is 4.01. The van der Waals surface area contributed by atoms with Crippen molar-refractivity contribution in [1.29, 1.82) is 0 Å². The van der Waals surface area contributed by atoms with E-state index < -0.39 is 22.0 Å². The number of hydrogen-bond acceptors (Lipinski definition) is 5. The van der Waals surface area contributed by atoms with Gasteiger partial charge in [-0.3, -0.25) is 9.10 Å². The number of sulfonamides is 1. The number of benzene rings is 2. The second-order valence-electron chi connectivity index (χ2n) is 6.13. The fourth-order valence-electron chi connectivity index (χ4n) is 2.89. The predicted octanol–water partition coefficient (Wildman–Crippen LogP) is 2.39. The molecule has 0 spiro atoms. The molecule has 1 amide bonds. The number of amides is 1. The van der Waals surface area contributed by atoms with Crippen LogP contribution in [0.2, 0.25) is 0 Å². The van der Waals surface area contributed by atoms with Gasteiger partial charge in [0.15, 0.2) is 6.10 Å². The summed E-state index contributed by atoms with van der Waals surface area (Å²) in [6.07, 6.45) is -0.952. The largest absolute Gasteiger partial charge is 0.476 e. The highest BCUT2D eigenvalue weighted by Gasteiger charge is 2.35. The summed E-state index contributed by atoms with van der Waals surface area (Å²) in [6, 6.07) is 14.1. The highest BCUT2D eigenvalue weighted by Crippen LogP contribution is 2.35. The van der Waals surface area contributed by atoms with E-state index in [1.54, 1.807) is 50.4 Å². The molecule has 1 atom stereocenters. The first-order valence-corrected chi connectivity index (χ1v) is 10.2. The molecule has 27 heavy (non-hydrogen) atoms. The number of carbonyl (C=O) groups is 1. The van der Waals surface area contributed by atoms with Gasteiger partial charge in [0.05, 0.1) is 24.6 Å². The molecule has 0 aliphatic carbocycles. The molecule has 1 aliphatic heterocycles. The smallest absolute Gasteiger partial charge is 0.267 e. The Labute approximate surface area is 158 Å². The third-order valence-electron chi connectivity index (χ3n) is 4.23. The zero-order valence-electron chi connectivity index (χ0n) is 15.2. The van der Waals surface area contributed by atoms with Crippen molar-refractivity contribution in [2.45, 2.75) is 19.6 Å². The van der Waals surface area contributed by atoms with Crippen molar-refractivity contribution >= 4 is 27.3 Å². The number of fused-ring (bicyclic) bond motifs is 1. The number of hydrogen-bond donors (Lipinski definition) is 1. The van der Waals surface area contributed by atoms with Gasteiger partial charge in [0.2, 0.25) is 10.0 Å². The van der Waals surface area contributed by atoms with Crippen molar-refractivity contribution in [2.75, 3.05) is 29.0 Å². The molecule has 1 aliphatic rings. The van der Waals surface area contributed by atoms with Crippen LogP contribution in [0.25, 0.3) is 0 Å². The van der Waals surface area contributed by atoms with Crippen LogP contribution < -0.4 is 14.4 Å². The van der Waals surface area contributed by atoms with Crippen LogP contribution in [0.5, 0.6) is 5.75 Å². The molecule has 2 aromatic rings. The Morgan fingerprint density at radius 1 is 1.26 bits per heavy atom. The zero-order chi connectivity index (χ0) is 19.4. The van der Waals surface area contributed by atoms with Gasteiger partial charge in [0.1, 0.15) is 5.75 Å². The average Bonchev–Trinajstić information content (AvgIpc) is 2.67. The fraction of sp³-hybridized carbons (Fsp3) is 0.316. The van der Waals surface area contributed by atoms with Crippen molar-refractivity contribution in [3.05, 3.63) is 54.1 Å². The Kier molecular flexibility index (Phi) is 5.67. The molecule has 2 aromatic carbocycles. The van der Waals surface area contributed by atoms with Crippen LogP contribution >= 0.6 is 0 Å². The Hall–Kier alpha value is -2.58. The second-order valence-corrected chi connectivity index (χ2v) is 8.31. The zero-order valence-corrected chi connectivity index (χ0v) is 16.0. The third-order valence-corrected chi connectivity index (χ3v) is 5.98. The quantitative estimate of drug-likeness (QED) is 0.819. The third kappa shape index (κ3) is 4.23. The van der Waals surface area contributed by atoms with E-state index in [9.17, 15) is 13.2 Å². The molecular weight excluding hydrogens is 368 g/mol. The van der Waals surface area contributed by atoms with Gasteiger partial charge in [-0.2, -0.15) is 0 Å². The van der Waals surface area contributed by atoms with Crippen LogP contribution in [-0.4, -0.2) is 39.8 Å². The molecule has 144 valence electrons. The van der Waals surface area contributed by atoms with Crippen LogP contribution in [-0.2, 0) is 26.2 Å². The lowest BCUT2D eigenvalue weighted by molar-refractivity contribution is -0.122. The van der Waals surface area contributed by atoms with Crippen LogP contribution in [0.15, 0.2) is 48.5 Å². The molecule has 1 heterocycles. The molecule has 1 N–H and O–H groups in total. The van der Waals surface area contributed by atoms with Gasteiger partial charge in [-0.05, 0) is 36.8 Å². The maximum Gasteiger partial charge on any atom is 0.267 e. The molecule has 1 unspecified atom stereocenters. The van der Waals surface area contributed by atoms with Gasteiger partial charge in [-0.15, -0.1) is 0 Å². The van der Waals surface area contributed by atoms with E-state index >= 15 is 0 Å². The topological polar surface area (TPSA) is 84.9 Å². The average molecular weight is 390 g/mol. The van der Waals surface area contributed by atoms with Crippen LogP contribution in [0.4, 0.5) is 11.4 Å². The SMILES string of the molecule is CCS(=O)(=O)N1CC(C(=O)Nc2cccc(COC)c2)Oc2ccccc21. The van der Waals surface area contributed by atoms with Crippen molar-refractivity contribution in [2.24, 2.45) is 0 Å². The van der Waals surface area contributed by atoms with Crippen molar-refractivity contribution in [3.63, 3.8) is 0 Å². The molecule has 0 bridgehead atoms. The van der Waals surface area contributed by atoms with Crippen LogP contribution in [0, 0.1) is 0 Å². The Morgan fingerprint density at radius 2 is 2.04 bits per heavy atom. The van der Waals surface area contributed by atoms with Gasteiger partial charge < -0.3 is 14.8 Å². The minimum Gasteiger partial charge on any atom is -0.476 e. The summed E-state index contributed by atoms with van der Waals surface area (Å²) in [5, 5.41) is 2.79. The highest BCUT2D eigenvalue weighted by molar-refractivity contribution is 7.92. The first kappa shape index (κ1) is 19.2.